The van der Waals surface area contributed by atoms with Gasteiger partial charge >= 0.3 is 0 Å². The summed E-state index contributed by atoms with van der Waals surface area (Å²) in [5.41, 5.74) is 6.78. The summed E-state index contributed by atoms with van der Waals surface area (Å²) in [5, 5.41) is 0.772. The molecular formula is C22H23ClN2O. The maximum atomic E-state index is 12.5. The van der Waals surface area contributed by atoms with Crippen molar-refractivity contribution in [2.24, 2.45) is 0 Å². The number of hydrogen-bond donors (Lipinski definition) is 0. The second-order valence-corrected chi connectivity index (χ2v) is 8.25. The van der Waals surface area contributed by atoms with E-state index in [1.165, 1.54) is 27.9 Å². The van der Waals surface area contributed by atoms with Gasteiger partial charge in [0.05, 0.1) is 12.1 Å². The van der Waals surface area contributed by atoms with Crippen LogP contribution >= 0.6 is 11.6 Å². The minimum Gasteiger partial charge on any atom is -0.364 e. The number of carbonyl (C=O) groups is 1. The first-order valence-corrected chi connectivity index (χ1v) is 9.94. The molecule has 0 saturated carbocycles. The van der Waals surface area contributed by atoms with Gasteiger partial charge in [-0.2, -0.15) is 0 Å². The molecule has 3 nitrogen and oxygen atoms in total. The normalized spacial score (nSPS) is 24.3. The van der Waals surface area contributed by atoms with Crippen LogP contribution in [-0.2, 0) is 11.2 Å². The van der Waals surface area contributed by atoms with E-state index in [9.17, 15) is 4.79 Å². The number of carbonyl (C=O) groups excluding carboxylic acids is 1. The van der Waals surface area contributed by atoms with Crippen LogP contribution in [0.1, 0.15) is 53.6 Å². The summed E-state index contributed by atoms with van der Waals surface area (Å²) < 4.78 is 0. The molecule has 1 amide bonds. The van der Waals surface area contributed by atoms with E-state index < -0.39 is 0 Å². The van der Waals surface area contributed by atoms with E-state index in [4.69, 9.17) is 11.6 Å². The second-order valence-electron chi connectivity index (χ2n) is 7.81. The van der Waals surface area contributed by atoms with Crippen molar-refractivity contribution in [3.63, 3.8) is 0 Å². The van der Waals surface area contributed by atoms with Crippen LogP contribution in [-0.4, -0.2) is 23.9 Å². The molecule has 5 rings (SSSR count). The Hall–Kier alpha value is -2.00. The van der Waals surface area contributed by atoms with Crippen LogP contribution in [0.25, 0.3) is 0 Å². The highest BCUT2D eigenvalue weighted by Gasteiger charge is 2.42. The molecule has 3 aliphatic rings. The van der Waals surface area contributed by atoms with Crippen molar-refractivity contribution in [2.45, 2.75) is 44.7 Å². The number of amides is 1. The zero-order valence-electron chi connectivity index (χ0n) is 15.0. The Bertz CT molecular complexity index is 876. The Morgan fingerprint density at radius 3 is 2.54 bits per heavy atom. The highest BCUT2D eigenvalue weighted by Crippen LogP contribution is 2.51. The second kappa shape index (κ2) is 6.02. The topological polar surface area (TPSA) is 23.6 Å². The molecule has 2 aromatic carbocycles. The molecule has 0 N–H and O–H groups in total. The number of hydrogen-bond acceptors (Lipinski definition) is 2. The molecule has 3 heterocycles. The van der Waals surface area contributed by atoms with Gasteiger partial charge in [-0.05, 0) is 55.0 Å². The monoisotopic (exact) mass is 366 g/mol. The summed E-state index contributed by atoms with van der Waals surface area (Å²) in [4.78, 5) is 17.2. The number of halogens is 1. The Kier molecular flexibility index (Phi) is 3.75. The Morgan fingerprint density at radius 2 is 1.81 bits per heavy atom. The molecule has 0 aliphatic carbocycles. The first kappa shape index (κ1) is 16.2. The number of aryl methyl sites for hydroxylation is 1. The number of anilines is 1. The van der Waals surface area contributed by atoms with E-state index in [-0.39, 0.29) is 6.04 Å². The van der Waals surface area contributed by atoms with Crippen molar-refractivity contribution in [2.75, 3.05) is 18.0 Å². The van der Waals surface area contributed by atoms with Gasteiger partial charge in [0.15, 0.2) is 0 Å². The molecule has 0 bridgehead atoms. The van der Waals surface area contributed by atoms with E-state index in [1.807, 2.05) is 12.1 Å². The first-order chi connectivity index (χ1) is 12.6. The molecule has 0 aromatic heterocycles. The molecule has 26 heavy (non-hydrogen) atoms. The van der Waals surface area contributed by atoms with Gasteiger partial charge in [0.2, 0.25) is 5.91 Å². The summed E-state index contributed by atoms with van der Waals surface area (Å²) in [7, 11) is 0. The summed E-state index contributed by atoms with van der Waals surface area (Å²) in [6.07, 6.45) is 3.73. The number of rotatable bonds is 2. The van der Waals surface area contributed by atoms with Crippen LogP contribution in [0.5, 0.6) is 0 Å². The highest BCUT2D eigenvalue weighted by atomic mass is 35.5. The quantitative estimate of drug-likeness (QED) is 0.760. The zero-order valence-corrected chi connectivity index (χ0v) is 15.8. The van der Waals surface area contributed by atoms with E-state index in [1.54, 1.807) is 0 Å². The smallest absolute Gasteiger partial charge is 0.223 e. The third-order valence-corrected chi connectivity index (χ3v) is 6.45. The molecule has 0 radical (unpaired) electrons. The van der Waals surface area contributed by atoms with Crippen LogP contribution in [0.4, 0.5) is 5.69 Å². The van der Waals surface area contributed by atoms with Crippen molar-refractivity contribution in [3.05, 3.63) is 63.7 Å². The lowest BCUT2D eigenvalue weighted by Crippen LogP contribution is -2.39. The van der Waals surface area contributed by atoms with Gasteiger partial charge in [0.1, 0.15) is 0 Å². The summed E-state index contributed by atoms with van der Waals surface area (Å²) >= 11 is 6.11. The average Bonchev–Trinajstić information content (AvgIpc) is 3.23. The Morgan fingerprint density at radius 1 is 1.00 bits per heavy atom. The van der Waals surface area contributed by atoms with Crippen molar-refractivity contribution >= 4 is 23.2 Å². The van der Waals surface area contributed by atoms with Crippen molar-refractivity contribution in [1.29, 1.82) is 0 Å². The summed E-state index contributed by atoms with van der Waals surface area (Å²) in [5.74, 6) is 0.312. The lowest BCUT2D eigenvalue weighted by Gasteiger charge is -2.43. The van der Waals surface area contributed by atoms with Gasteiger partial charge < -0.3 is 9.80 Å². The van der Waals surface area contributed by atoms with Crippen LogP contribution in [0.2, 0.25) is 5.02 Å². The SMILES string of the molecule is Cc1cc2c3c(c1)C(N1CCCC1=O)CC(c1ccc(Cl)cc1)N3CC2. The van der Waals surface area contributed by atoms with Gasteiger partial charge in [0, 0.05) is 30.2 Å². The lowest BCUT2D eigenvalue weighted by atomic mass is 9.86. The largest absolute Gasteiger partial charge is 0.364 e. The lowest BCUT2D eigenvalue weighted by molar-refractivity contribution is -0.130. The summed E-state index contributed by atoms with van der Waals surface area (Å²) in [6, 6.07) is 13.4. The average molecular weight is 367 g/mol. The molecule has 2 unspecified atom stereocenters. The first-order valence-electron chi connectivity index (χ1n) is 9.57. The van der Waals surface area contributed by atoms with E-state index in [0.717, 1.165) is 37.4 Å². The molecule has 2 atom stereocenters. The van der Waals surface area contributed by atoms with E-state index in [0.29, 0.717) is 18.4 Å². The standard InChI is InChI=1S/C22H23ClN2O/c1-14-11-16-8-10-25-19(15-4-6-17(23)7-5-15)13-20(18(12-14)22(16)25)24-9-2-3-21(24)26/h4-7,11-12,19-20H,2-3,8-10,13H2,1H3. The number of likely N-dealkylation sites (tertiary alicyclic amines) is 1. The Balaban J connectivity index is 1.64. The van der Waals surface area contributed by atoms with Crippen LogP contribution in [0.15, 0.2) is 36.4 Å². The fraction of sp³-hybridized carbons (Fsp3) is 0.409. The van der Waals surface area contributed by atoms with Crippen LogP contribution < -0.4 is 4.90 Å². The molecule has 4 heteroatoms. The predicted octanol–water partition coefficient (Wildman–Crippen LogP) is 4.82. The minimum atomic E-state index is 0.189. The number of benzene rings is 2. The van der Waals surface area contributed by atoms with E-state index in [2.05, 4.69) is 41.0 Å². The minimum absolute atomic E-state index is 0.189. The Labute approximate surface area is 159 Å². The van der Waals surface area contributed by atoms with E-state index >= 15 is 0 Å². The van der Waals surface area contributed by atoms with Gasteiger partial charge in [0.25, 0.3) is 0 Å². The predicted molar refractivity (Wildman–Crippen MR) is 105 cm³/mol. The zero-order chi connectivity index (χ0) is 17.8. The third kappa shape index (κ3) is 2.44. The van der Waals surface area contributed by atoms with Gasteiger partial charge in [-0.15, -0.1) is 0 Å². The maximum absolute atomic E-state index is 12.5. The van der Waals surface area contributed by atoms with Crippen LogP contribution in [0.3, 0.4) is 0 Å². The van der Waals surface area contributed by atoms with Crippen molar-refractivity contribution in [3.8, 4) is 0 Å². The molecule has 0 spiro atoms. The van der Waals surface area contributed by atoms with Crippen molar-refractivity contribution < 1.29 is 4.79 Å². The van der Waals surface area contributed by atoms with Gasteiger partial charge in [-0.25, -0.2) is 0 Å². The van der Waals surface area contributed by atoms with Crippen molar-refractivity contribution in [1.82, 2.24) is 4.90 Å². The third-order valence-electron chi connectivity index (χ3n) is 6.19. The molecular weight excluding hydrogens is 344 g/mol. The molecule has 1 fully saturated rings. The number of nitrogens with zero attached hydrogens (tertiary/aromatic N) is 2. The molecule has 2 aromatic rings. The molecule has 134 valence electrons. The van der Waals surface area contributed by atoms with Crippen LogP contribution in [0, 0.1) is 6.92 Å². The fourth-order valence-corrected chi connectivity index (χ4v) is 5.23. The summed E-state index contributed by atoms with van der Waals surface area (Å²) in [6.45, 7) is 4.12. The molecule has 3 aliphatic heterocycles. The van der Waals surface area contributed by atoms with Gasteiger partial charge in [-0.3, -0.25) is 4.79 Å². The van der Waals surface area contributed by atoms with Gasteiger partial charge in [-0.1, -0.05) is 41.4 Å². The fourth-order valence-electron chi connectivity index (χ4n) is 5.10. The highest BCUT2D eigenvalue weighted by molar-refractivity contribution is 6.30. The molecule has 1 saturated heterocycles. The maximum Gasteiger partial charge on any atom is 0.223 e.